The van der Waals surface area contributed by atoms with Crippen LogP contribution in [0.2, 0.25) is 0 Å². The topological polar surface area (TPSA) is 83.8 Å². The second-order valence-corrected chi connectivity index (χ2v) is 8.55. The zero-order chi connectivity index (χ0) is 20.8. The normalized spacial score (nSPS) is 21.3. The van der Waals surface area contributed by atoms with E-state index in [9.17, 15) is 18.8 Å². The molecule has 30 heavy (non-hydrogen) atoms. The van der Waals surface area contributed by atoms with Gasteiger partial charge in [0.05, 0.1) is 11.8 Å². The number of benzene rings is 1. The summed E-state index contributed by atoms with van der Waals surface area (Å²) in [5.74, 6) is -1.45. The number of thiazole rings is 1. The van der Waals surface area contributed by atoms with Gasteiger partial charge in [0.25, 0.3) is 0 Å². The largest absolute Gasteiger partial charge is 0.308 e. The molecular formula is C21H19FN4O3S. The SMILES string of the molecule is O=C(CN1C(=O)[C@@H]2CCCC[C@H]2C1=O)Nc1c(-c2ccc(F)cc2)nc2sccn12. The van der Waals surface area contributed by atoms with Crippen molar-refractivity contribution in [3.63, 3.8) is 0 Å². The van der Waals surface area contributed by atoms with Crippen LogP contribution in [-0.4, -0.2) is 38.6 Å². The minimum Gasteiger partial charge on any atom is -0.308 e. The van der Waals surface area contributed by atoms with E-state index in [-0.39, 0.29) is 36.0 Å². The number of carbonyl (C=O) groups excluding carboxylic acids is 3. The number of nitrogens with zero attached hydrogens (tertiary/aromatic N) is 3. The zero-order valence-electron chi connectivity index (χ0n) is 16.0. The number of imidazole rings is 1. The van der Waals surface area contributed by atoms with Crippen molar-refractivity contribution >= 4 is 39.8 Å². The van der Waals surface area contributed by atoms with E-state index in [0.29, 0.717) is 34.9 Å². The van der Waals surface area contributed by atoms with Crippen LogP contribution in [-0.2, 0) is 14.4 Å². The maximum absolute atomic E-state index is 13.3. The molecule has 0 radical (unpaired) electrons. The molecule has 5 rings (SSSR count). The highest BCUT2D eigenvalue weighted by atomic mass is 32.1. The lowest BCUT2D eigenvalue weighted by molar-refractivity contribution is -0.142. The van der Waals surface area contributed by atoms with E-state index in [1.165, 1.54) is 23.5 Å². The fourth-order valence-electron chi connectivity index (χ4n) is 4.42. The van der Waals surface area contributed by atoms with Crippen LogP contribution in [0.25, 0.3) is 16.2 Å². The molecule has 1 aromatic carbocycles. The third kappa shape index (κ3) is 3.09. The minimum atomic E-state index is -0.466. The summed E-state index contributed by atoms with van der Waals surface area (Å²) in [6.45, 7) is -0.315. The van der Waals surface area contributed by atoms with Crippen molar-refractivity contribution in [1.29, 1.82) is 0 Å². The first-order valence-electron chi connectivity index (χ1n) is 9.89. The van der Waals surface area contributed by atoms with Crippen molar-refractivity contribution < 1.29 is 18.8 Å². The highest BCUT2D eigenvalue weighted by Gasteiger charge is 2.48. The number of hydrogen-bond donors (Lipinski definition) is 1. The van der Waals surface area contributed by atoms with E-state index in [0.717, 1.165) is 17.7 Å². The Balaban J connectivity index is 1.40. The van der Waals surface area contributed by atoms with Gasteiger partial charge < -0.3 is 5.32 Å². The number of nitrogens with one attached hydrogen (secondary N) is 1. The minimum absolute atomic E-state index is 0.243. The van der Waals surface area contributed by atoms with Gasteiger partial charge in [0.15, 0.2) is 4.96 Å². The Morgan fingerprint density at radius 2 is 1.80 bits per heavy atom. The van der Waals surface area contributed by atoms with Gasteiger partial charge in [-0.05, 0) is 37.1 Å². The van der Waals surface area contributed by atoms with Crippen LogP contribution >= 0.6 is 11.3 Å². The van der Waals surface area contributed by atoms with Crippen molar-refractivity contribution in [3.05, 3.63) is 41.7 Å². The third-order valence-corrected chi connectivity index (χ3v) is 6.63. The third-order valence-electron chi connectivity index (χ3n) is 5.87. The Kier molecular flexibility index (Phi) is 4.62. The molecule has 1 N–H and O–H groups in total. The number of rotatable bonds is 4. The summed E-state index contributed by atoms with van der Waals surface area (Å²) in [4.78, 5) is 44.4. The highest BCUT2D eigenvalue weighted by Crippen LogP contribution is 2.38. The van der Waals surface area contributed by atoms with Crippen LogP contribution in [0, 0.1) is 17.7 Å². The van der Waals surface area contributed by atoms with Gasteiger partial charge in [0, 0.05) is 17.1 Å². The van der Waals surface area contributed by atoms with Crippen LogP contribution in [0.1, 0.15) is 25.7 Å². The van der Waals surface area contributed by atoms with E-state index in [1.807, 2.05) is 5.38 Å². The molecular weight excluding hydrogens is 407 g/mol. The summed E-state index contributed by atoms with van der Waals surface area (Å²) in [6.07, 6.45) is 5.07. The lowest BCUT2D eigenvalue weighted by Crippen LogP contribution is -2.38. The monoisotopic (exact) mass is 426 g/mol. The standard InChI is InChI=1S/C21H19FN4O3S/c22-13-7-5-12(6-8-13)17-18(25-9-10-30-21(25)24-17)23-16(27)11-26-19(28)14-3-1-2-4-15(14)20(26)29/h5-10,14-15H,1-4,11H2,(H,23,27)/t14-,15-/m1/s1. The molecule has 7 nitrogen and oxygen atoms in total. The van der Waals surface area contributed by atoms with Crippen LogP contribution in [0.5, 0.6) is 0 Å². The van der Waals surface area contributed by atoms with E-state index < -0.39 is 5.91 Å². The molecule has 2 aliphatic rings. The number of imide groups is 1. The lowest BCUT2D eigenvalue weighted by Gasteiger charge is -2.19. The summed E-state index contributed by atoms with van der Waals surface area (Å²) < 4.78 is 15.1. The molecule has 3 heterocycles. The van der Waals surface area contributed by atoms with Crippen LogP contribution in [0.4, 0.5) is 10.2 Å². The summed E-state index contributed by atoms with van der Waals surface area (Å²) >= 11 is 1.40. The Morgan fingerprint density at radius 3 is 2.47 bits per heavy atom. The zero-order valence-corrected chi connectivity index (χ0v) is 16.8. The van der Waals surface area contributed by atoms with Gasteiger partial charge >= 0.3 is 0 Å². The molecule has 0 unspecified atom stereocenters. The Hall–Kier alpha value is -3.07. The molecule has 2 atom stereocenters. The number of fused-ring (bicyclic) bond motifs is 2. The van der Waals surface area contributed by atoms with Crippen LogP contribution < -0.4 is 5.32 Å². The Bertz CT molecular complexity index is 1130. The highest BCUT2D eigenvalue weighted by molar-refractivity contribution is 7.15. The summed E-state index contributed by atoms with van der Waals surface area (Å²) in [5.41, 5.74) is 1.16. The number of halogens is 1. The fraction of sp³-hybridized carbons (Fsp3) is 0.333. The molecule has 2 fully saturated rings. The Labute approximate surface area is 175 Å². The predicted molar refractivity (Wildman–Crippen MR) is 109 cm³/mol. The fourth-order valence-corrected chi connectivity index (χ4v) is 5.13. The lowest BCUT2D eigenvalue weighted by atomic mass is 9.81. The van der Waals surface area contributed by atoms with Gasteiger partial charge in [-0.2, -0.15) is 0 Å². The van der Waals surface area contributed by atoms with Gasteiger partial charge in [-0.3, -0.25) is 23.7 Å². The number of carbonyl (C=O) groups is 3. The number of amides is 3. The molecule has 0 bridgehead atoms. The van der Waals surface area contributed by atoms with E-state index in [1.54, 1.807) is 22.7 Å². The van der Waals surface area contributed by atoms with Crippen molar-refractivity contribution in [3.8, 4) is 11.3 Å². The van der Waals surface area contributed by atoms with Gasteiger partial charge in [-0.25, -0.2) is 9.37 Å². The van der Waals surface area contributed by atoms with Gasteiger partial charge in [0.2, 0.25) is 17.7 Å². The molecule has 154 valence electrons. The first kappa shape index (κ1) is 18.9. The summed E-state index contributed by atoms with van der Waals surface area (Å²) in [6, 6.07) is 5.85. The molecule has 0 spiro atoms. The van der Waals surface area contributed by atoms with E-state index >= 15 is 0 Å². The first-order chi connectivity index (χ1) is 14.5. The van der Waals surface area contributed by atoms with Crippen molar-refractivity contribution in [1.82, 2.24) is 14.3 Å². The molecule has 2 aromatic heterocycles. The molecule has 9 heteroatoms. The summed E-state index contributed by atoms with van der Waals surface area (Å²) in [7, 11) is 0. The van der Waals surface area contributed by atoms with Crippen LogP contribution in [0.15, 0.2) is 35.8 Å². The Morgan fingerprint density at radius 1 is 1.13 bits per heavy atom. The maximum Gasteiger partial charge on any atom is 0.245 e. The molecule has 3 amide bonds. The number of hydrogen-bond acceptors (Lipinski definition) is 5. The molecule has 1 saturated carbocycles. The number of likely N-dealkylation sites (tertiary alicyclic amines) is 1. The second kappa shape index (κ2) is 7.32. The quantitative estimate of drug-likeness (QED) is 0.649. The molecule has 1 saturated heterocycles. The van der Waals surface area contributed by atoms with Gasteiger partial charge in [-0.15, -0.1) is 11.3 Å². The van der Waals surface area contributed by atoms with E-state index in [4.69, 9.17) is 0 Å². The summed E-state index contributed by atoms with van der Waals surface area (Å²) in [5, 5.41) is 4.65. The van der Waals surface area contributed by atoms with Crippen molar-refractivity contribution in [2.45, 2.75) is 25.7 Å². The second-order valence-electron chi connectivity index (χ2n) is 7.68. The van der Waals surface area contributed by atoms with Gasteiger partial charge in [0.1, 0.15) is 23.9 Å². The predicted octanol–water partition coefficient (Wildman–Crippen LogP) is 3.32. The van der Waals surface area contributed by atoms with Crippen molar-refractivity contribution in [2.75, 3.05) is 11.9 Å². The smallest absolute Gasteiger partial charge is 0.245 e. The molecule has 1 aliphatic carbocycles. The number of anilines is 1. The van der Waals surface area contributed by atoms with Crippen LogP contribution in [0.3, 0.4) is 0 Å². The van der Waals surface area contributed by atoms with Crippen molar-refractivity contribution in [2.24, 2.45) is 11.8 Å². The van der Waals surface area contributed by atoms with E-state index in [2.05, 4.69) is 10.3 Å². The molecule has 3 aromatic rings. The number of aromatic nitrogens is 2. The maximum atomic E-state index is 13.3. The first-order valence-corrected chi connectivity index (χ1v) is 10.8. The average Bonchev–Trinajstić information content (AvgIpc) is 3.40. The average molecular weight is 426 g/mol. The van der Waals surface area contributed by atoms with Gasteiger partial charge in [-0.1, -0.05) is 12.8 Å². The molecule has 1 aliphatic heterocycles.